The van der Waals surface area contributed by atoms with Crippen LogP contribution in [0, 0.1) is 6.92 Å². The zero-order valence-corrected chi connectivity index (χ0v) is 11.7. The van der Waals surface area contributed by atoms with Crippen LogP contribution in [0.15, 0.2) is 16.9 Å². The number of nitrogens with zero attached hydrogens (tertiary/aromatic N) is 1. The summed E-state index contributed by atoms with van der Waals surface area (Å²) >= 11 is 0. The summed E-state index contributed by atoms with van der Waals surface area (Å²) in [6.45, 7) is 6.96. The van der Waals surface area contributed by atoms with Crippen LogP contribution in [0.5, 0.6) is 0 Å². The van der Waals surface area contributed by atoms with E-state index in [1.165, 1.54) is 0 Å². The van der Waals surface area contributed by atoms with Crippen molar-refractivity contribution in [3.8, 4) is 0 Å². The zero-order valence-electron chi connectivity index (χ0n) is 11.7. The largest absolute Gasteiger partial charge is 0.383 e. The van der Waals surface area contributed by atoms with Crippen molar-refractivity contribution in [3.63, 3.8) is 0 Å². The Morgan fingerprint density at radius 3 is 2.83 bits per heavy atom. The SMILES string of the molecule is CCCCn1c(C)ccc(CNCCOC)c1=O. The van der Waals surface area contributed by atoms with Crippen LogP contribution in [-0.2, 0) is 17.8 Å². The molecule has 1 aromatic heterocycles. The quantitative estimate of drug-likeness (QED) is 0.716. The molecule has 0 amide bonds. The molecule has 0 aliphatic carbocycles. The number of hydrogen-bond acceptors (Lipinski definition) is 3. The average Bonchev–Trinajstić information content (AvgIpc) is 2.37. The highest BCUT2D eigenvalue weighted by molar-refractivity contribution is 5.15. The molecule has 0 saturated heterocycles. The molecule has 0 saturated carbocycles. The lowest BCUT2D eigenvalue weighted by Crippen LogP contribution is -2.29. The number of hydrogen-bond donors (Lipinski definition) is 1. The average molecular weight is 252 g/mol. The van der Waals surface area contributed by atoms with Gasteiger partial charge in [-0.1, -0.05) is 19.4 Å². The lowest BCUT2D eigenvalue weighted by molar-refractivity contribution is 0.199. The van der Waals surface area contributed by atoms with E-state index in [2.05, 4.69) is 12.2 Å². The van der Waals surface area contributed by atoms with Gasteiger partial charge < -0.3 is 14.6 Å². The summed E-state index contributed by atoms with van der Waals surface area (Å²) in [5.41, 5.74) is 2.00. The molecule has 0 atom stereocenters. The van der Waals surface area contributed by atoms with E-state index in [1.807, 2.05) is 23.6 Å². The summed E-state index contributed by atoms with van der Waals surface area (Å²) in [5, 5.41) is 3.21. The Morgan fingerprint density at radius 1 is 1.39 bits per heavy atom. The van der Waals surface area contributed by atoms with Gasteiger partial charge in [-0.15, -0.1) is 0 Å². The molecule has 0 aliphatic rings. The summed E-state index contributed by atoms with van der Waals surface area (Å²) in [6.07, 6.45) is 2.14. The van der Waals surface area contributed by atoms with Gasteiger partial charge in [0.25, 0.3) is 5.56 Å². The first-order valence-electron chi connectivity index (χ1n) is 6.59. The number of aromatic nitrogens is 1. The van der Waals surface area contributed by atoms with Gasteiger partial charge in [-0.25, -0.2) is 0 Å². The Hall–Kier alpha value is -1.13. The van der Waals surface area contributed by atoms with Crippen LogP contribution in [-0.4, -0.2) is 24.8 Å². The molecular formula is C14H24N2O2. The van der Waals surface area contributed by atoms with Crippen molar-refractivity contribution in [3.05, 3.63) is 33.7 Å². The van der Waals surface area contributed by atoms with Crippen LogP contribution >= 0.6 is 0 Å². The van der Waals surface area contributed by atoms with E-state index in [0.717, 1.165) is 37.2 Å². The van der Waals surface area contributed by atoms with E-state index in [0.29, 0.717) is 13.2 Å². The van der Waals surface area contributed by atoms with E-state index >= 15 is 0 Å². The molecule has 1 N–H and O–H groups in total. The van der Waals surface area contributed by atoms with Gasteiger partial charge in [0.15, 0.2) is 0 Å². The van der Waals surface area contributed by atoms with Gasteiger partial charge in [0.1, 0.15) is 0 Å². The molecule has 1 heterocycles. The van der Waals surface area contributed by atoms with E-state index in [1.54, 1.807) is 7.11 Å². The number of methoxy groups -OCH3 is 1. The standard InChI is InChI=1S/C14H24N2O2/c1-4-5-9-16-12(2)6-7-13(14(16)17)11-15-8-10-18-3/h6-7,15H,4-5,8-11H2,1-3H3. The number of ether oxygens (including phenoxy) is 1. The Morgan fingerprint density at radius 2 is 2.17 bits per heavy atom. The zero-order chi connectivity index (χ0) is 13.4. The van der Waals surface area contributed by atoms with Crippen LogP contribution in [0.3, 0.4) is 0 Å². The highest BCUT2D eigenvalue weighted by Gasteiger charge is 2.05. The van der Waals surface area contributed by atoms with Crippen LogP contribution in [0.2, 0.25) is 0 Å². The minimum absolute atomic E-state index is 0.133. The molecule has 1 rings (SSSR count). The number of aryl methyl sites for hydroxylation is 1. The van der Waals surface area contributed by atoms with Gasteiger partial charge in [-0.2, -0.15) is 0 Å². The van der Waals surface area contributed by atoms with Gasteiger partial charge in [0, 0.05) is 38.0 Å². The highest BCUT2D eigenvalue weighted by atomic mass is 16.5. The Balaban J connectivity index is 2.71. The Labute approximate surface area is 109 Å². The maximum Gasteiger partial charge on any atom is 0.255 e. The van der Waals surface area contributed by atoms with Crippen molar-refractivity contribution >= 4 is 0 Å². The lowest BCUT2D eigenvalue weighted by atomic mass is 10.2. The molecule has 0 aromatic carbocycles. The summed E-state index contributed by atoms with van der Waals surface area (Å²) in [4.78, 5) is 12.3. The first-order valence-corrected chi connectivity index (χ1v) is 6.59. The molecule has 4 nitrogen and oxygen atoms in total. The van der Waals surface area contributed by atoms with Crippen molar-refractivity contribution in [1.29, 1.82) is 0 Å². The summed E-state index contributed by atoms with van der Waals surface area (Å²) < 4.78 is 6.83. The fraction of sp³-hybridized carbons (Fsp3) is 0.643. The van der Waals surface area contributed by atoms with Crippen molar-refractivity contribution in [2.75, 3.05) is 20.3 Å². The normalized spacial score (nSPS) is 10.8. The molecule has 102 valence electrons. The van der Waals surface area contributed by atoms with Crippen molar-refractivity contribution < 1.29 is 4.74 Å². The third kappa shape index (κ3) is 4.27. The first kappa shape index (κ1) is 14.9. The first-order chi connectivity index (χ1) is 8.70. The molecule has 0 bridgehead atoms. The molecule has 0 radical (unpaired) electrons. The maximum atomic E-state index is 12.3. The van der Waals surface area contributed by atoms with Crippen molar-refractivity contribution in [2.45, 2.75) is 39.8 Å². The van der Waals surface area contributed by atoms with Crippen LogP contribution in [0.4, 0.5) is 0 Å². The minimum atomic E-state index is 0.133. The number of unbranched alkanes of at least 4 members (excludes halogenated alkanes) is 1. The summed E-state index contributed by atoms with van der Waals surface area (Å²) in [7, 11) is 1.67. The molecule has 0 spiro atoms. The van der Waals surface area contributed by atoms with E-state index in [9.17, 15) is 4.79 Å². The Bertz CT molecular complexity index is 413. The van der Waals surface area contributed by atoms with Gasteiger partial charge >= 0.3 is 0 Å². The van der Waals surface area contributed by atoms with E-state index in [-0.39, 0.29) is 5.56 Å². The molecular weight excluding hydrogens is 228 g/mol. The molecule has 0 fully saturated rings. The second-order valence-corrected chi connectivity index (χ2v) is 4.48. The topological polar surface area (TPSA) is 43.3 Å². The van der Waals surface area contributed by atoms with Crippen LogP contribution in [0.1, 0.15) is 31.0 Å². The fourth-order valence-corrected chi connectivity index (χ4v) is 1.84. The van der Waals surface area contributed by atoms with Crippen molar-refractivity contribution in [1.82, 2.24) is 9.88 Å². The third-order valence-electron chi connectivity index (χ3n) is 3.01. The fourth-order valence-electron chi connectivity index (χ4n) is 1.84. The smallest absolute Gasteiger partial charge is 0.255 e. The summed E-state index contributed by atoms with van der Waals surface area (Å²) in [6, 6.07) is 3.93. The minimum Gasteiger partial charge on any atom is -0.383 e. The molecule has 1 aromatic rings. The van der Waals surface area contributed by atoms with E-state index in [4.69, 9.17) is 4.74 Å². The second-order valence-electron chi connectivity index (χ2n) is 4.48. The predicted octanol–water partition coefficient (Wildman–Crippen LogP) is 1.69. The summed E-state index contributed by atoms with van der Waals surface area (Å²) in [5.74, 6) is 0. The highest BCUT2D eigenvalue weighted by Crippen LogP contribution is 2.01. The molecule has 18 heavy (non-hydrogen) atoms. The maximum absolute atomic E-state index is 12.3. The van der Waals surface area contributed by atoms with Gasteiger partial charge in [-0.3, -0.25) is 4.79 Å². The number of rotatable bonds is 8. The molecule has 0 aliphatic heterocycles. The molecule has 4 heteroatoms. The predicted molar refractivity (Wildman–Crippen MR) is 73.9 cm³/mol. The van der Waals surface area contributed by atoms with E-state index < -0.39 is 0 Å². The Kier molecular flexibility index (Phi) is 6.68. The van der Waals surface area contributed by atoms with Crippen molar-refractivity contribution in [2.24, 2.45) is 0 Å². The second kappa shape index (κ2) is 8.06. The number of nitrogens with one attached hydrogen (secondary N) is 1. The van der Waals surface area contributed by atoms with Gasteiger partial charge in [-0.05, 0) is 19.4 Å². The molecule has 0 unspecified atom stereocenters. The monoisotopic (exact) mass is 252 g/mol. The van der Waals surface area contributed by atoms with Crippen LogP contribution in [0.25, 0.3) is 0 Å². The number of pyridine rings is 1. The van der Waals surface area contributed by atoms with Gasteiger partial charge in [0.2, 0.25) is 0 Å². The third-order valence-corrected chi connectivity index (χ3v) is 3.01. The van der Waals surface area contributed by atoms with Gasteiger partial charge in [0.05, 0.1) is 6.61 Å². The lowest BCUT2D eigenvalue weighted by Gasteiger charge is -2.12. The van der Waals surface area contributed by atoms with Crippen LogP contribution < -0.4 is 10.9 Å².